The molecular formula is C17H16BrN3O2. The predicted octanol–water partition coefficient (Wildman–Crippen LogP) is 2.55. The van der Waals surface area contributed by atoms with E-state index in [9.17, 15) is 9.59 Å². The van der Waals surface area contributed by atoms with E-state index in [-0.39, 0.29) is 11.1 Å². The van der Waals surface area contributed by atoms with Gasteiger partial charge in [-0.2, -0.15) is 4.52 Å². The summed E-state index contributed by atoms with van der Waals surface area (Å²) >= 11 is 3.45. The van der Waals surface area contributed by atoms with Crippen LogP contribution in [0.5, 0.6) is 0 Å². The molecule has 3 aromatic rings. The van der Waals surface area contributed by atoms with Crippen LogP contribution in [-0.2, 0) is 19.3 Å². The Kier molecular flexibility index (Phi) is 3.49. The number of halogens is 1. The van der Waals surface area contributed by atoms with Crippen molar-refractivity contribution in [2.24, 2.45) is 0 Å². The van der Waals surface area contributed by atoms with Gasteiger partial charge in [-0.15, -0.1) is 0 Å². The fraction of sp³-hybridized carbons (Fsp3) is 0.294. The normalized spacial score (nSPS) is 14.1. The minimum Gasteiger partial charge on any atom is -0.343 e. The highest BCUT2D eigenvalue weighted by Gasteiger charge is 2.19. The lowest BCUT2D eigenvalue weighted by atomic mass is 9.97. The number of rotatable bonds is 2. The van der Waals surface area contributed by atoms with Crippen LogP contribution in [-0.4, -0.2) is 14.6 Å². The van der Waals surface area contributed by atoms with Gasteiger partial charge >= 0.3 is 0 Å². The summed E-state index contributed by atoms with van der Waals surface area (Å²) in [5.74, 6) is 0. The molecule has 6 heteroatoms. The molecule has 1 aliphatic carbocycles. The maximum Gasteiger partial charge on any atom is 0.276 e. The lowest BCUT2D eigenvalue weighted by Crippen LogP contribution is -2.25. The minimum absolute atomic E-state index is 0.0916. The molecule has 0 amide bonds. The lowest BCUT2D eigenvalue weighted by molar-refractivity contribution is 0.650. The highest BCUT2D eigenvalue weighted by Crippen LogP contribution is 2.19. The largest absolute Gasteiger partial charge is 0.343 e. The molecular weight excluding hydrogens is 358 g/mol. The number of H-pyrrole nitrogens is 2. The number of nitrogens with one attached hydrogen (secondary N) is 2. The first-order chi connectivity index (χ1) is 11.1. The molecule has 0 unspecified atom stereocenters. The monoisotopic (exact) mass is 373 g/mol. The van der Waals surface area contributed by atoms with Crippen molar-refractivity contribution in [1.82, 2.24) is 14.6 Å². The Hall–Kier alpha value is -2.08. The first-order valence-electron chi connectivity index (χ1n) is 7.75. The number of benzene rings is 1. The zero-order valence-corrected chi connectivity index (χ0v) is 14.1. The van der Waals surface area contributed by atoms with E-state index in [1.807, 2.05) is 24.3 Å². The van der Waals surface area contributed by atoms with E-state index < -0.39 is 0 Å². The van der Waals surface area contributed by atoms with Gasteiger partial charge < -0.3 is 4.98 Å². The average molecular weight is 374 g/mol. The van der Waals surface area contributed by atoms with Gasteiger partial charge in [-0.3, -0.25) is 14.7 Å². The summed E-state index contributed by atoms with van der Waals surface area (Å²) in [5, 5.41) is 2.69. The third-order valence-electron chi connectivity index (χ3n) is 4.47. The molecule has 0 atom stereocenters. The minimum atomic E-state index is -0.208. The summed E-state index contributed by atoms with van der Waals surface area (Å²) in [6, 6.07) is 7.85. The Labute approximate surface area is 140 Å². The summed E-state index contributed by atoms with van der Waals surface area (Å²) < 4.78 is 2.35. The van der Waals surface area contributed by atoms with Gasteiger partial charge in [0.25, 0.3) is 11.1 Å². The quantitative estimate of drug-likeness (QED) is 0.724. The van der Waals surface area contributed by atoms with E-state index >= 15 is 0 Å². The first kappa shape index (κ1) is 14.5. The molecule has 0 bridgehead atoms. The molecule has 1 aliphatic rings. The molecule has 23 heavy (non-hydrogen) atoms. The zero-order chi connectivity index (χ0) is 16.0. The molecule has 0 spiro atoms. The van der Waals surface area contributed by atoms with Gasteiger partial charge in [0.15, 0.2) is 0 Å². The van der Waals surface area contributed by atoms with Crippen LogP contribution in [0, 0.1) is 0 Å². The summed E-state index contributed by atoms with van der Waals surface area (Å²) in [6.07, 6.45) is 4.24. The SMILES string of the molecule is O=c1[nH]n2c(=O)c3c([nH]c2c1Cc1cccc(Br)c1)CCCC3. The lowest BCUT2D eigenvalue weighted by Gasteiger charge is -2.15. The number of aryl methyl sites for hydroxylation is 1. The van der Waals surface area contributed by atoms with Gasteiger partial charge in [0.1, 0.15) is 5.65 Å². The van der Waals surface area contributed by atoms with Gasteiger partial charge in [0.05, 0.1) is 5.56 Å². The molecule has 2 aromatic heterocycles. The van der Waals surface area contributed by atoms with Crippen LogP contribution in [0.15, 0.2) is 38.3 Å². The molecule has 0 fully saturated rings. The molecule has 1 aromatic carbocycles. The molecule has 0 radical (unpaired) electrons. The summed E-state index contributed by atoms with van der Waals surface area (Å²) in [7, 11) is 0. The molecule has 2 N–H and O–H groups in total. The fourth-order valence-electron chi connectivity index (χ4n) is 3.32. The second-order valence-corrected chi connectivity index (χ2v) is 6.92. The van der Waals surface area contributed by atoms with E-state index in [4.69, 9.17) is 0 Å². The van der Waals surface area contributed by atoms with Crippen LogP contribution in [0.1, 0.15) is 35.2 Å². The third-order valence-corrected chi connectivity index (χ3v) is 4.96. The van der Waals surface area contributed by atoms with Crippen molar-refractivity contribution in [3.8, 4) is 0 Å². The maximum atomic E-state index is 12.6. The molecule has 118 valence electrons. The molecule has 0 saturated carbocycles. The van der Waals surface area contributed by atoms with Gasteiger partial charge in [0.2, 0.25) is 0 Å². The number of aromatic amines is 2. The van der Waals surface area contributed by atoms with E-state index in [1.54, 1.807) is 0 Å². The van der Waals surface area contributed by atoms with Crippen molar-refractivity contribution >= 4 is 21.6 Å². The van der Waals surface area contributed by atoms with Crippen LogP contribution in [0.25, 0.3) is 5.65 Å². The number of hydrogen-bond acceptors (Lipinski definition) is 2. The predicted molar refractivity (Wildman–Crippen MR) is 92.2 cm³/mol. The summed E-state index contributed by atoms with van der Waals surface area (Å²) in [5.41, 5.74) is 3.72. The standard InChI is InChI=1S/C17H16BrN3O2/c18-11-5-3-4-10(8-11)9-13-15-19-14-7-2-1-6-12(14)17(23)21(15)20-16(13)22/h3-5,8,19H,1-2,6-7,9H2,(H,20,22). The Morgan fingerprint density at radius 1 is 1.17 bits per heavy atom. The number of nitrogens with zero attached hydrogens (tertiary/aromatic N) is 1. The van der Waals surface area contributed by atoms with E-state index in [0.717, 1.165) is 47.0 Å². The fourth-order valence-corrected chi connectivity index (χ4v) is 3.77. The van der Waals surface area contributed by atoms with E-state index in [1.165, 1.54) is 4.52 Å². The second kappa shape index (κ2) is 5.53. The zero-order valence-electron chi connectivity index (χ0n) is 12.5. The van der Waals surface area contributed by atoms with E-state index in [2.05, 4.69) is 26.0 Å². The van der Waals surface area contributed by atoms with Crippen LogP contribution < -0.4 is 11.1 Å². The van der Waals surface area contributed by atoms with Crippen LogP contribution in [0.3, 0.4) is 0 Å². The van der Waals surface area contributed by atoms with Crippen molar-refractivity contribution in [3.63, 3.8) is 0 Å². The maximum absolute atomic E-state index is 12.6. The van der Waals surface area contributed by atoms with Gasteiger partial charge in [0, 0.05) is 22.2 Å². The Morgan fingerprint density at radius 2 is 2.00 bits per heavy atom. The molecule has 0 saturated heterocycles. The van der Waals surface area contributed by atoms with Gasteiger partial charge in [-0.05, 0) is 43.4 Å². The van der Waals surface area contributed by atoms with Crippen molar-refractivity contribution in [2.45, 2.75) is 32.1 Å². The number of aromatic nitrogens is 3. The van der Waals surface area contributed by atoms with Crippen molar-refractivity contribution in [3.05, 3.63) is 71.8 Å². The van der Waals surface area contributed by atoms with Crippen LogP contribution in [0.2, 0.25) is 0 Å². The Balaban J connectivity index is 1.90. The van der Waals surface area contributed by atoms with Crippen molar-refractivity contribution in [2.75, 3.05) is 0 Å². The Bertz CT molecular complexity index is 1010. The summed E-state index contributed by atoms with van der Waals surface area (Å²) in [6.45, 7) is 0. The number of hydrogen-bond donors (Lipinski definition) is 2. The molecule has 2 heterocycles. The van der Waals surface area contributed by atoms with Crippen LogP contribution >= 0.6 is 15.9 Å². The summed E-state index contributed by atoms with van der Waals surface area (Å²) in [4.78, 5) is 28.3. The van der Waals surface area contributed by atoms with E-state index in [0.29, 0.717) is 17.6 Å². The number of fused-ring (bicyclic) bond motifs is 2. The Morgan fingerprint density at radius 3 is 2.83 bits per heavy atom. The van der Waals surface area contributed by atoms with Gasteiger partial charge in [-0.1, -0.05) is 28.1 Å². The van der Waals surface area contributed by atoms with Gasteiger partial charge in [-0.25, -0.2) is 0 Å². The smallest absolute Gasteiger partial charge is 0.276 e. The molecule has 4 rings (SSSR count). The molecule has 0 aliphatic heterocycles. The first-order valence-corrected chi connectivity index (χ1v) is 8.55. The van der Waals surface area contributed by atoms with Crippen LogP contribution in [0.4, 0.5) is 0 Å². The topological polar surface area (TPSA) is 70.1 Å². The third kappa shape index (κ3) is 2.47. The van der Waals surface area contributed by atoms with Crippen molar-refractivity contribution in [1.29, 1.82) is 0 Å². The average Bonchev–Trinajstić information content (AvgIpc) is 2.85. The van der Waals surface area contributed by atoms with Crippen molar-refractivity contribution < 1.29 is 0 Å². The molecule has 5 nitrogen and oxygen atoms in total. The highest BCUT2D eigenvalue weighted by molar-refractivity contribution is 9.10. The highest BCUT2D eigenvalue weighted by atomic mass is 79.9. The second-order valence-electron chi connectivity index (χ2n) is 6.00.